The van der Waals surface area contributed by atoms with Crippen molar-refractivity contribution in [2.45, 2.75) is 50.0 Å². The second kappa shape index (κ2) is 13.1. The Bertz CT molecular complexity index is 791. The number of benzene rings is 1. The van der Waals surface area contributed by atoms with E-state index in [-0.39, 0.29) is 41.3 Å². The molecule has 1 fully saturated rings. The van der Waals surface area contributed by atoms with E-state index in [1.165, 1.54) is 49.1 Å². The second-order valence-electron chi connectivity index (χ2n) is 7.72. The summed E-state index contributed by atoms with van der Waals surface area (Å²) in [5, 5.41) is 11.5. The van der Waals surface area contributed by atoms with Gasteiger partial charge >= 0.3 is 0 Å². The first kappa shape index (κ1) is 26.6. The van der Waals surface area contributed by atoms with E-state index in [0.29, 0.717) is 12.5 Å². The summed E-state index contributed by atoms with van der Waals surface area (Å²) in [6, 6.07) is 6.31. The van der Waals surface area contributed by atoms with Crippen LogP contribution in [0.1, 0.15) is 44.1 Å². The van der Waals surface area contributed by atoms with Gasteiger partial charge in [0.25, 0.3) is 0 Å². The van der Waals surface area contributed by atoms with Crippen molar-refractivity contribution < 1.29 is 13.2 Å². The highest BCUT2D eigenvalue weighted by atomic mass is 127. The topological polar surface area (TPSA) is 117 Å². The number of carbonyl (C=O) groups is 1. The highest BCUT2D eigenvalue weighted by Gasteiger charge is 2.14. The van der Waals surface area contributed by atoms with Crippen LogP contribution in [0.4, 0.5) is 0 Å². The summed E-state index contributed by atoms with van der Waals surface area (Å²) in [5.41, 5.74) is 0.850. The SMILES string of the molecule is CN(C)C(=O)CNC(=NCc1ccc(S(N)(=O)=O)cc1)NCCCC1CCCC1.I. The zero-order valence-corrected chi connectivity index (χ0v) is 20.9. The molecule has 30 heavy (non-hydrogen) atoms. The van der Waals surface area contributed by atoms with E-state index in [9.17, 15) is 13.2 Å². The Balaban J connectivity index is 0.00000450. The number of sulfonamides is 1. The largest absolute Gasteiger partial charge is 0.356 e. The average Bonchev–Trinajstić information content (AvgIpc) is 3.19. The maximum absolute atomic E-state index is 11.9. The Hall–Kier alpha value is -1.40. The molecule has 0 bridgehead atoms. The molecule has 0 spiro atoms. The fourth-order valence-electron chi connectivity index (χ4n) is 3.34. The smallest absolute Gasteiger partial charge is 0.241 e. The zero-order chi connectivity index (χ0) is 21.3. The summed E-state index contributed by atoms with van der Waals surface area (Å²) in [4.78, 5) is 18.0. The van der Waals surface area contributed by atoms with Crippen LogP contribution in [0.2, 0.25) is 0 Å². The van der Waals surface area contributed by atoms with Crippen molar-refractivity contribution in [3.63, 3.8) is 0 Å². The number of halogens is 1. The molecule has 8 nitrogen and oxygen atoms in total. The summed E-state index contributed by atoms with van der Waals surface area (Å²) in [5.74, 6) is 1.38. The number of likely N-dealkylation sites (N-methyl/N-ethyl adjacent to an activating group) is 1. The van der Waals surface area contributed by atoms with Gasteiger partial charge < -0.3 is 15.5 Å². The van der Waals surface area contributed by atoms with E-state index in [1.807, 2.05) is 0 Å². The third-order valence-electron chi connectivity index (χ3n) is 5.13. The maximum Gasteiger partial charge on any atom is 0.241 e. The van der Waals surface area contributed by atoms with E-state index in [4.69, 9.17) is 5.14 Å². The van der Waals surface area contributed by atoms with Crippen LogP contribution in [0.25, 0.3) is 0 Å². The molecule has 0 saturated heterocycles. The van der Waals surface area contributed by atoms with Crippen LogP contribution in [-0.4, -0.2) is 52.4 Å². The fraction of sp³-hybridized carbons (Fsp3) is 0.600. The summed E-state index contributed by atoms with van der Waals surface area (Å²) < 4.78 is 22.7. The molecule has 1 amide bonds. The molecule has 0 radical (unpaired) electrons. The van der Waals surface area contributed by atoms with Gasteiger partial charge in [-0.15, -0.1) is 24.0 Å². The molecule has 0 atom stereocenters. The van der Waals surface area contributed by atoms with Crippen LogP contribution in [0.3, 0.4) is 0 Å². The van der Waals surface area contributed by atoms with Crippen LogP contribution >= 0.6 is 24.0 Å². The number of carbonyl (C=O) groups excluding carboxylic acids is 1. The van der Waals surface area contributed by atoms with E-state index in [1.54, 1.807) is 26.2 Å². The van der Waals surface area contributed by atoms with Crippen LogP contribution < -0.4 is 15.8 Å². The average molecular weight is 551 g/mol. The fourth-order valence-corrected chi connectivity index (χ4v) is 3.86. The summed E-state index contributed by atoms with van der Waals surface area (Å²) in [7, 11) is -0.280. The first-order chi connectivity index (χ1) is 13.8. The van der Waals surface area contributed by atoms with Crippen molar-refractivity contribution in [2.75, 3.05) is 27.2 Å². The molecule has 10 heteroatoms. The summed E-state index contributed by atoms with van der Waals surface area (Å²) in [6.07, 6.45) is 7.66. The standard InChI is InChI=1S/C20H33N5O3S.HI/c1-25(2)19(26)15-24-20(22-13-5-8-16-6-3-4-7-16)23-14-17-9-11-18(12-10-17)29(21,27)28;/h9-12,16H,3-8,13-15H2,1-2H3,(H2,21,27,28)(H2,22,23,24);1H. The molecule has 4 N–H and O–H groups in total. The van der Waals surface area contributed by atoms with Crippen molar-refractivity contribution in [3.05, 3.63) is 29.8 Å². The first-order valence-corrected chi connectivity index (χ1v) is 11.6. The van der Waals surface area contributed by atoms with Crippen molar-refractivity contribution in [2.24, 2.45) is 16.0 Å². The molecule has 0 heterocycles. The van der Waals surface area contributed by atoms with Gasteiger partial charge in [0.15, 0.2) is 5.96 Å². The van der Waals surface area contributed by atoms with Gasteiger partial charge in [0.1, 0.15) is 0 Å². The van der Waals surface area contributed by atoms with Gasteiger partial charge in [-0.2, -0.15) is 0 Å². The molecule has 1 aliphatic carbocycles. The lowest BCUT2D eigenvalue weighted by Gasteiger charge is -2.15. The molecule has 1 saturated carbocycles. The van der Waals surface area contributed by atoms with E-state index in [0.717, 1.165) is 24.4 Å². The molecular formula is C20H34IN5O3S. The molecule has 0 aliphatic heterocycles. The van der Waals surface area contributed by atoms with Gasteiger partial charge in [-0.05, 0) is 36.5 Å². The minimum atomic E-state index is -3.70. The molecule has 0 aromatic heterocycles. The number of nitrogens with zero attached hydrogens (tertiary/aromatic N) is 2. The maximum atomic E-state index is 11.9. The highest BCUT2D eigenvalue weighted by Crippen LogP contribution is 2.28. The zero-order valence-electron chi connectivity index (χ0n) is 17.8. The van der Waals surface area contributed by atoms with Gasteiger partial charge in [-0.25, -0.2) is 18.5 Å². The Morgan fingerprint density at radius 1 is 1.17 bits per heavy atom. The summed E-state index contributed by atoms with van der Waals surface area (Å²) >= 11 is 0. The molecular weight excluding hydrogens is 517 g/mol. The van der Waals surface area contributed by atoms with Crippen molar-refractivity contribution in [1.82, 2.24) is 15.5 Å². The number of nitrogens with two attached hydrogens (primary N) is 1. The van der Waals surface area contributed by atoms with Gasteiger partial charge in [0.05, 0.1) is 18.0 Å². The van der Waals surface area contributed by atoms with Crippen LogP contribution in [0.15, 0.2) is 34.2 Å². The number of hydrogen-bond donors (Lipinski definition) is 3. The lowest BCUT2D eigenvalue weighted by atomic mass is 10.0. The molecule has 0 unspecified atom stereocenters. The Kier molecular flexibility index (Phi) is 11.6. The number of aliphatic imine (C=N–C) groups is 1. The predicted molar refractivity (Wildman–Crippen MR) is 130 cm³/mol. The predicted octanol–water partition coefficient (Wildman–Crippen LogP) is 2.05. The molecule has 170 valence electrons. The lowest BCUT2D eigenvalue weighted by molar-refractivity contribution is -0.127. The number of amides is 1. The van der Waals surface area contributed by atoms with Gasteiger partial charge in [0.2, 0.25) is 15.9 Å². The number of primary sulfonamides is 1. The van der Waals surface area contributed by atoms with Crippen LogP contribution in [-0.2, 0) is 21.4 Å². The monoisotopic (exact) mass is 551 g/mol. The van der Waals surface area contributed by atoms with Crippen molar-refractivity contribution in [1.29, 1.82) is 0 Å². The number of rotatable bonds is 9. The van der Waals surface area contributed by atoms with E-state index >= 15 is 0 Å². The Morgan fingerprint density at radius 2 is 1.80 bits per heavy atom. The van der Waals surface area contributed by atoms with Gasteiger partial charge in [-0.1, -0.05) is 37.8 Å². The Morgan fingerprint density at radius 3 is 2.37 bits per heavy atom. The lowest BCUT2D eigenvalue weighted by Crippen LogP contribution is -2.43. The quantitative estimate of drug-likeness (QED) is 0.188. The third kappa shape index (κ3) is 9.61. The normalized spacial score (nSPS) is 14.8. The van der Waals surface area contributed by atoms with Crippen molar-refractivity contribution in [3.8, 4) is 0 Å². The molecule has 1 aromatic rings. The first-order valence-electron chi connectivity index (χ1n) is 10.1. The minimum Gasteiger partial charge on any atom is -0.356 e. The molecule has 2 rings (SSSR count). The van der Waals surface area contributed by atoms with Crippen LogP contribution in [0.5, 0.6) is 0 Å². The second-order valence-corrected chi connectivity index (χ2v) is 9.28. The van der Waals surface area contributed by atoms with E-state index < -0.39 is 10.0 Å². The van der Waals surface area contributed by atoms with Gasteiger partial charge in [-0.3, -0.25) is 4.79 Å². The van der Waals surface area contributed by atoms with Gasteiger partial charge in [0, 0.05) is 20.6 Å². The van der Waals surface area contributed by atoms with E-state index in [2.05, 4.69) is 15.6 Å². The third-order valence-corrected chi connectivity index (χ3v) is 6.06. The number of nitrogens with one attached hydrogen (secondary N) is 2. The number of hydrogen-bond acceptors (Lipinski definition) is 4. The highest BCUT2D eigenvalue weighted by molar-refractivity contribution is 14.0. The molecule has 1 aliphatic rings. The minimum absolute atomic E-state index is 0. The van der Waals surface area contributed by atoms with Crippen LogP contribution in [0, 0.1) is 5.92 Å². The summed E-state index contributed by atoms with van der Waals surface area (Å²) in [6.45, 7) is 1.31. The molecule has 1 aromatic carbocycles. The van der Waals surface area contributed by atoms with Crippen molar-refractivity contribution >= 4 is 45.9 Å². The Labute approximate surface area is 197 Å². The number of guanidine groups is 1.